The quantitative estimate of drug-likeness (QED) is 0.799. The zero-order valence-corrected chi connectivity index (χ0v) is 10.5. The van der Waals surface area contributed by atoms with Crippen molar-refractivity contribution in [2.24, 2.45) is 0 Å². The summed E-state index contributed by atoms with van der Waals surface area (Å²) in [5.74, 6) is -1.29. The first-order chi connectivity index (χ1) is 8.47. The summed E-state index contributed by atoms with van der Waals surface area (Å²) in [6, 6.07) is 8.65. The van der Waals surface area contributed by atoms with E-state index >= 15 is 0 Å². The van der Waals surface area contributed by atoms with Gasteiger partial charge in [-0.05, 0) is 19.1 Å². The summed E-state index contributed by atoms with van der Waals surface area (Å²) in [5, 5.41) is 11.5. The molecule has 0 spiro atoms. The molecule has 2 N–H and O–H groups in total. The molecule has 0 aliphatic rings. The van der Waals surface area contributed by atoms with Crippen LogP contribution in [0, 0.1) is 0 Å². The van der Waals surface area contributed by atoms with Gasteiger partial charge >= 0.3 is 5.97 Å². The van der Waals surface area contributed by atoms with E-state index in [4.69, 9.17) is 9.84 Å². The summed E-state index contributed by atoms with van der Waals surface area (Å²) < 4.78 is 4.97. The maximum absolute atomic E-state index is 12.0. The average molecular weight is 251 g/mol. The Balaban J connectivity index is 2.78. The lowest BCUT2D eigenvalue weighted by Crippen LogP contribution is -2.50. The fourth-order valence-corrected chi connectivity index (χ4v) is 1.72. The molecular weight excluding hydrogens is 234 g/mol. The molecule has 0 heterocycles. The number of methoxy groups -OCH3 is 1. The minimum absolute atomic E-state index is 0.137. The topological polar surface area (TPSA) is 75.6 Å². The van der Waals surface area contributed by atoms with Gasteiger partial charge in [0.15, 0.2) is 0 Å². The largest absolute Gasteiger partial charge is 0.481 e. The van der Waals surface area contributed by atoms with Gasteiger partial charge in [-0.2, -0.15) is 0 Å². The Kier molecular flexibility index (Phi) is 4.85. The zero-order valence-electron chi connectivity index (χ0n) is 10.5. The van der Waals surface area contributed by atoms with Crippen LogP contribution in [0.2, 0.25) is 0 Å². The molecule has 1 unspecified atom stereocenters. The number of carboxylic acids is 1. The van der Waals surface area contributed by atoms with Crippen molar-refractivity contribution < 1.29 is 19.4 Å². The van der Waals surface area contributed by atoms with Crippen LogP contribution in [0.4, 0.5) is 0 Å². The second kappa shape index (κ2) is 6.16. The Bertz CT molecular complexity index is 418. The molecule has 1 rings (SSSR count). The van der Waals surface area contributed by atoms with Crippen molar-refractivity contribution in [3.63, 3.8) is 0 Å². The van der Waals surface area contributed by atoms with Gasteiger partial charge in [0.25, 0.3) is 5.91 Å². The summed E-state index contributed by atoms with van der Waals surface area (Å²) >= 11 is 0. The lowest BCUT2D eigenvalue weighted by atomic mass is 9.98. The monoisotopic (exact) mass is 251 g/mol. The lowest BCUT2D eigenvalue weighted by molar-refractivity contribution is -0.139. The van der Waals surface area contributed by atoms with Crippen molar-refractivity contribution in [3.05, 3.63) is 35.9 Å². The first-order valence-electron chi connectivity index (χ1n) is 5.55. The number of hydrogen-bond donors (Lipinski definition) is 2. The summed E-state index contributed by atoms with van der Waals surface area (Å²) in [4.78, 5) is 22.8. The molecule has 0 saturated carbocycles. The van der Waals surface area contributed by atoms with E-state index in [1.165, 1.54) is 7.11 Å². The number of carbonyl (C=O) groups excluding carboxylic acids is 1. The molecule has 0 radical (unpaired) electrons. The first kappa shape index (κ1) is 14.2. The molecule has 0 aliphatic heterocycles. The molecule has 1 aromatic carbocycles. The van der Waals surface area contributed by atoms with Crippen molar-refractivity contribution in [2.45, 2.75) is 18.9 Å². The number of ether oxygens (including phenoxy) is 1. The van der Waals surface area contributed by atoms with Gasteiger partial charge in [0.1, 0.15) is 0 Å². The normalized spacial score (nSPS) is 13.7. The minimum Gasteiger partial charge on any atom is -0.481 e. The van der Waals surface area contributed by atoms with E-state index in [0.29, 0.717) is 5.56 Å². The molecule has 0 bridgehead atoms. The molecule has 1 amide bonds. The van der Waals surface area contributed by atoms with E-state index in [-0.39, 0.29) is 18.9 Å². The number of amides is 1. The smallest absolute Gasteiger partial charge is 0.305 e. The molecule has 0 saturated heterocycles. The van der Waals surface area contributed by atoms with E-state index in [0.717, 1.165) is 0 Å². The van der Waals surface area contributed by atoms with E-state index in [2.05, 4.69) is 5.32 Å². The van der Waals surface area contributed by atoms with E-state index in [1.54, 1.807) is 31.2 Å². The number of carbonyl (C=O) groups is 2. The van der Waals surface area contributed by atoms with Crippen LogP contribution in [-0.4, -0.2) is 36.2 Å². The highest BCUT2D eigenvalue weighted by Crippen LogP contribution is 2.12. The highest BCUT2D eigenvalue weighted by atomic mass is 16.5. The predicted octanol–water partition coefficient (Wildman–Crippen LogP) is 1.30. The fraction of sp³-hybridized carbons (Fsp3) is 0.385. The summed E-state index contributed by atoms with van der Waals surface area (Å²) in [6.45, 7) is 1.78. The van der Waals surface area contributed by atoms with Gasteiger partial charge in [0, 0.05) is 12.7 Å². The maximum Gasteiger partial charge on any atom is 0.305 e. The van der Waals surface area contributed by atoms with Crippen molar-refractivity contribution >= 4 is 11.9 Å². The van der Waals surface area contributed by atoms with Gasteiger partial charge in [-0.3, -0.25) is 9.59 Å². The lowest BCUT2D eigenvalue weighted by Gasteiger charge is -2.28. The van der Waals surface area contributed by atoms with Gasteiger partial charge < -0.3 is 15.2 Å². The van der Waals surface area contributed by atoms with Crippen molar-refractivity contribution in [2.75, 3.05) is 13.7 Å². The molecule has 18 heavy (non-hydrogen) atoms. The Morgan fingerprint density at radius 3 is 2.44 bits per heavy atom. The number of aliphatic carboxylic acids is 1. The van der Waals surface area contributed by atoms with Crippen molar-refractivity contribution in [3.8, 4) is 0 Å². The third-order valence-corrected chi connectivity index (χ3v) is 2.46. The molecule has 1 aromatic rings. The average Bonchev–Trinajstić information content (AvgIpc) is 2.28. The van der Waals surface area contributed by atoms with Crippen LogP contribution in [0.5, 0.6) is 0 Å². The summed E-state index contributed by atoms with van der Waals surface area (Å²) in [6.07, 6.45) is -0.195. The Morgan fingerprint density at radius 1 is 1.33 bits per heavy atom. The van der Waals surface area contributed by atoms with Crippen LogP contribution < -0.4 is 5.32 Å². The third kappa shape index (κ3) is 4.18. The zero-order chi connectivity index (χ0) is 13.6. The van der Waals surface area contributed by atoms with Crippen molar-refractivity contribution in [1.29, 1.82) is 0 Å². The Labute approximate surface area is 106 Å². The molecule has 5 nitrogen and oxygen atoms in total. The van der Waals surface area contributed by atoms with Crippen LogP contribution in [-0.2, 0) is 9.53 Å². The molecule has 0 fully saturated rings. The minimum atomic E-state index is -0.983. The standard InChI is InChI=1S/C13H17NO4/c1-13(9-18-2,8-11(15)16)14-12(17)10-6-4-3-5-7-10/h3-7H,8-9H2,1-2H3,(H,14,17)(H,15,16). The van der Waals surface area contributed by atoms with Crippen LogP contribution in [0.3, 0.4) is 0 Å². The van der Waals surface area contributed by atoms with Gasteiger partial charge in [-0.25, -0.2) is 0 Å². The number of benzene rings is 1. The molecule has 98 valence electrons. The van der Waals surface area contributed by atoms with Gasteiger partial charge in [-0.1, -0.05) is 18.2 Å². The highest BCUT2D eigenvalue weighted by Gasteiger charge is 2.29. The van der Waals surface area contributed by atoms with Crippen LogP contribution >= 0.6 is 0 Å². The number of hydrogen-bond acceptors (Lipinski definition) is 3. The second-order valence-corrected chi connectivity index (χ2v) is 4.38. The number of rotatable bonds is 6. The van der Waals surface area contributed by atoms with Crippen LogP contribution in [0.15, 0.2) is 30.3 Å². The van der Waals surface area contributed by atoms with Gasteiger partial charge in [0.05, 0.1) is 18.6 Å². The van der Waals surface area contributed by atoms with E-state index in [1.807, 2.05) is 6.07 Å². The van der Waals surface area contributed by atoms with Gasteiger partial charge in [0.2, 0.25) is 0 Å². The van der Waals surface area contributed by atoms with E-state index < -0.39 is 11.5 Å². The third-order valence-electron chi connectivity index (χ3n) is 2.46. The number of carboxylic acid groups (broad SMARTS) is 1. The number of nitrogens with one attached hydrogen (secondary N) is 1. The first-order valence-corrected chi connectivity index (χ1v) is 5.55. The van der Waals surface area contributed by atoms with Crippen LogP contribution in [0.25, 0.3) is 0 Å². The maximum atomic E-state index is 12.0. The Morgan fingerprint density at radius 2 is 1.94 bits per heavy atom. The molecular formula is C13H17NO4. The molecule has 5 heteroatoms. The fourth-order valence-electron chi connectivity index (χ4n) is 1.72. The predicted molar refractivity (Wildman–Crippen MR) is 66.4 cm³/mol. The Hall–Kier alpha value is -1.88. The highest BCUT2D eigenvalue weighted by molar-refractivity contribution is 5.94. The second-order valence-electron chi connectivity index (χ2n) is 4.38. The molecule has 0 aromatic heterocycles. The van der Waals surface area contributed by atoms with Crippen molar-refractivity contribution in [1.82, 2.24) is 5.32 Å². The summed E-state index contributed by atoms with van der Waals surface area (Å²) in [7, 11) is 1.47. The van der Waals surface area contributed by atoms with E-state index in [9.17, 15) is 9.59 Å². The van der Waals surface area contributed by atoms with Gasteiger partial charge in [-0.15, -0.1) is 0 Å². The van der Waals surface area contributed by atoms with Crippen LogP contribution in [0.1, 0.15) is 23.7 Å². The molecule has 0 aliphatic carbocycles. The SMILES string of the molecule is COCC(C)(CC(=O)O)NC(=O)c1ccccc1. The molecule has 1 atom stereocenters. The summed E-state index contributed by atoms with van der Waals surface area (Å²) in [5.41, 5.74) is -0.432.